The highest BCUT2D eigenvalue weighted by atomic mass is 35.5. The number of rotatable bonds is 6. The molecule has 0 heterocycles. The third kappa shape index (κ3) is 4.64. The van der Waals surface area contributed by atoms with Crippen LogP contribution in [0.3, 0.4) is 0 Å². The molecule has 0 aromatic heterocycles. The summed E-state index contributed by atoms with van der Waals surface area (Å²) >= 11 is 5.57. The van der Waals surface area contributed by atoms with Crippen LogP contribution in [0.25, 0.3) is 0 Å². The van der Waals surface area contributed by atoms with E-state index < -0.39 is 0 Å². The second-order valence-corrected chi connectivity index (χ2v) is 3.91. The van der Waals surface area contributed by atoms with Gasteiger partial charge in [0.25, 0.3) is 0 Å². The Balaban J connectivity index is 2.15. The highest BCUT2D eigenvalue weighted by Crippen LogP contribution is 2.02. The van der Waals surface area contributed by atoms with Crippen LogP contribution in [0.15, 0.2) is 24.3 Å². The van der Waals surface area contributed by atoms with E-state index in [0.717, 1.165) is 31.8 Å². The molecule has 14 heavy (non-hydrogen) atoms. The van der Waals surface area contributed by atoms with Crippen LogP contribution in [0.2, 0.25) is 0 Å². The molecule has 1 N–H and O–H groups in total. The van der Waals surface area contributed by atoms with Gasteiger partial charge in [0.15, 0.2) is 0 Å². The van der Waals surface area contributed by atoms with Crippen LogP contribution >= 0.6 is 11.6 Å². The van der Waals surface area contributed by atoms with Crippen LogP contribution < -0.4 is 5.32 Å². The number of nitrogens with one attached hydrogen (secondary N) is 1. The Morgan fingerprint density at radius 1 is 1.14 bits per heavy atom. The van der Waals surface area contributed by atoms with E-state index in [-0.39, 0.29) is 0 Å². The predicted octanol–water partition coefficient (Wildman–Crippen LogP) is 2.76. The molecule has 0 saturated heterocycles. The molecule has 1 nitrogen and oxygen atoms in total. The SMILES string of the molecule is Cc1ccc(CCNCCCCl)cc1. The largest absolute Gasteiger partial charge is 0.316 e. The van der Waals surface area contributed by atoms with Crippen molar-refractivity contribution < 1.29 is 0 Å². The van der Waals surface area contributed by atoms with Gasteiger partial charge in [-0.2, -0.15) is 0 Å². The van der Waals surface area contributed by atoms with E-state index in [1.165, 1.54) is 11.1 Å². The highest BCUT2D eigenvalue weighted by molar-refractivity contribution is 6.17. The summed E-state index contributed by atoms with van der Waals surface area (Å²) in [5.41, 5.74) is 2.72. The third-order valence-electron chi connectivity index (χ3n) is 2.20. The highest BCUT2D eigenvalue weighted by Gasteiger charge is 1.92. The molecule has 0 radical (unpaired) electrons. The van der Waals surface area contributed by atoms with Gasteiger partial charge in [0.05, 0.1) is 0 Å². The third-order valence-corrected chi connectivity index (χ3v) is 2.47. The van der Waals surface area contributed by atoms with Crippen LogP contribution in [0.1, 0.15) is 17.5 Å². The normalized spacial score (nSPS) is 10.4. The fourth-order valence-corrected chi connectivity index (χ4v) is 1.44. The topological polar surface area (TPSA) is 12.0 Å². The molecule has 0 aliphatic rings. The molecule has 1 rings (SSSR count). The Hall–Kier alpha value is -0.530. The summed E-state index contributed by atoms with van der Waals surface area (Å²) < 4.78 is 0. The first-order chi connectivity index (χ1) is 6.83. The lowest BCUT2D eigenvalue weighted by molar-refractivity contribution is 0.673. The maximum atomic E-state index is 5.57. The van der Waals surface area contributed by atoms with E-state index in [9.17, 15) is 0 Å². The van der Waals surface area contributed by atoms with E-state index >= 15 is 0 Å². The van der Waals surface area contributed by atoms with Crippen LogP contribution in [-0.4, -0.2) is 19.0 Å². The van der Waals surface area contributed by atoms with E-state index in [0.29, 0.717) is 0 Å². The van der Waals surface area contributed by atoms with Crippen molar-refractivity contribution in [2.24, 2.45) is 0 Å². The molecule has 78 valence electrons. The van der Waals surface area contributed by atoms with Gasteiger partial charge in [0.1, 0.15) is 0 Å². The minimum absolute atomic E-state index is 0.748. The van der Waals surface area contributed by atoms with Gasteiger partial charge in [-0.15, -0.1) is 11.6 Å². The summed E-state index contributed by atoms with van der Waals surface area (Å²) in [6.07, 6.45) is 2.15. The van der Waals surface area contributed by atoms with Crippen molar-refractivity contribution in [2.75, 3.05) is 19.0 Å². The Bertz CT molecular complexity index is 243. The van der Waals surface area contributed by atoms with Gasteiger partial charge in [-0.25, -0.2) is 0 Å². The quantitative estimate of drug-likeness (QED) is 0.564. The molecule has 1 aromatic rings. The first kappa shape index (κ1) is 11.5. The fraction of sp³-hybridized carbons (Fsp3) is 0.500. The van der Waals surface area contributed by atoms with Crippen molar-refractivity contribution in [1.82, 2.24) is 5.32 Å². The number of benzene rings is 1. The lowest BCUT2D eigenvalue weighted by Crippen LogP contribution is -2.18. The first-order valence-electron chi connectivity index (χ1n) is 5.15. The van der Waals surface area contributed by atoms with Crippen molar-refractivity contribution in [3.05, 3.63) is 35.4 Å². The van der Waals surface area contributed by atoms with E-state index in [4.69, 9.17) is 11.6 Å². The minimum Gasteiger partial charge on any atom is -0.316 e. The molecular formula is C12H18ClN. The molecular weight excluding hydrogens is 194 g/mol. The predicted molar refractivity (Wildman–Crippen MR) is 63.1 cm³/mol. The number of halogens is 1. The van der Waals surface area contributed by atoms with E-state index in [2.05, 4.69) is 36.5 Å². The van der Waals surface area contributed by atoms with Crippen molar-refractivity contribution in [3.8, 4) is 0 Å². The van der Waals surface area contributed by atoms with Gasteiger partial charge < -0.3 is 5.32 Å². The van der Waals surface area contributed by atoms with E-state index in [1.807, 2.05) is 0 Å². The van der Waals surface area contributed by atoms with Crippen LogP contribution in [-0.2, 0) is 6.42 Å². The smallest absolute Gasteiger partial charge is 0.0235 e. The molecule has 0 saturated carbocycles. The Kier molecular flexibility index (Phi) is 5.65. The van der Waals surface area contributed by atoms with Gasteiger partial charge in [-0.05, 0) is 38.4 Å². The van der Waals surface area contributed by atoms with Crippen LogP contribution in [0.5, 0.6) is 0 Å². The monoisotopic (exact) mass is 211 g/mol. The summed E-state index contributed by atoms with van der Waals surface area (Å²) in [5, 5.41) is 3.36. The molecule has 0 unspecified atom stereocenters. The van der Waals surface area contributed by atoms with Crippen LogP contribution in [0, 0.1) is 6.92 Å². The Morgan fingerprint density at radius 3 is 2.50 bits per heavy atom. The maximum absolute atomic E-state index is 5.57. The molecule has 0 fully saturated rings. The molecule has 0 spiro atoms. The molecule has 0 atom stereocenters. The van der Waals surface area contributed by atoms with Gasteiger partial charge in [0, 0.05) is 5.88 Å². The van der Waals surface area contributed by atoms with Crippen molar-refractivity contribution >= 4 is 11.6 Å². The number of aryl methyl sites for hydroxylation is 1. The van der Waals surface area contributed by atoms with Gasteiger partial charge in [-0.1, -0.05) is 29.8 Å². The molecule has 2 heteroatoms. The van der Waals surface area contributed by atoms with Gasteiger partial charge >= 0.3 is 0 Å². The molecule has 0 bridgehead atoms. The molecule has 0 amide bonds. The standard InChI is InChI=1S/C12H18ClN/c1-11-3-5-12(6-4-11)7-10-14-9-2-8-13/h3-6,14H,2,7-10H2,1H3. The summed E-state index contributed by atoms with van der Waals surface area (Å²) in [7, 11) is 0. The number of hydrogen-bond acceptors (Lipinski definition) is 1. The number of hydrogen-bond donors (Lipinski definition) is 1. The lowest BCUT2D eigenvalue weighted by atomic mass is 10.1. The van der Waals surface area contributed by atoms with E-state index in [1.54, 1.807) is 0 Å². The molecule has 0 aliphatic carbocycles. The second-order valence-electron chi connectivity index (χ2n) is 3.53. The first-order valence-corrected chi connectivity index (χ1v) is 5.68. The van der Waals surface area contributed by atoms with Crippen molar-refractivity contribution in [3.63, 3.8) is 0 Å². The zero-order chi connectivity index (χ0) is 10.2. The fourth-order valence-electron chi connectivity index (χ4n) is 1.30. The Labute approximate surface area is 91.5 Å². The van der Waals surface area contributed by atoms with Crippen LogP contribution in [0.4, 0.5) is 0 Å². The molecule has 1 aromatic carbocycles. The molecule has 0 aliphatic heterocycles. The summed E-state index contributed by atoms with van der Waals surface area (Å²) in [6.45, 7) is 4.18. The Morgan fingerprint density at radius 2 is 1.86 bits per heavy atom. The average molecular weight is 212 g/mol. The number of alkyl halides is 1. The summed E-state index contributed by atoms with van der Waals surface area (Å²) in [6, 6.07) is 8.71. The maximum Gasteiger partial charge on any atom is 0.0235 e. The van der Waals surface area contributed by atoms with Gasteiger partial charge in [0.2, 0.25) is 0 Å². The van der Waals surface area contributed by atoms with Crippen molar-refractivity contribution in [1.29, 1.82) is 0 Å². The average Bonchev–Trinajstić information content (AvgIpc) is 2.21. The second kappa shape index (κ2) is 6.86. The summed E-state index contributed by atoms with van der Waals surface area (Å²) in [5.74, 6) is 0.748. The zero-order valence-corrected chi connectivity index (χ0v) is 9.48. The lowest BCUT2D eigenvalue weighted by Gasteiger charge is -2.03. The minimum atomic E-state index is 0.748. The van der Waals surface area contributed by atoms with Gasteiger partial charge in [-0.3, -0.25) is 0 Å². The summed E-state index contributed by atoms with van der Waals surface area (Å²) in [4.78, 5) is 0. The van der Waals surface area contributed by atoms with Crippen molar-refractivity contribution in [2.45, 2.75) is 19.8 Å². The zero-order valence-electron chi connectivity index (χ0n) is 8.72.